The maximum absolute atomic E-state index is 12.2. The number of hydrogen-bond acceptors (Lipinski definition) is 5. The summed E-state index contributed by atoms with van der Waals surface area (Å²) in [6.45, 7) is 2.52. The van der Waals surface area contributed by atoms with Gasteiger partial charge in [-0.3, -0.25) is 9.59 Å². The monoisotopic (exact) mass is 300 g/mol. The molecule has 120 valence electrons. The Balaban J connectivity index is 2.59. The largest absolute Gasteiger partial charge is 0.481 e. The number of rotatable bonds is 8. The average molecular weight is 300 g/mol. The van der Waals surface area contributed by atoms with Crippen molar-refractivity contribution in [2.45, 2.75) is 45.0 Å². The van der Waals surface area contributed by atoms with E-state index in [9.17, 15) is 14.7 Å². The number of carboxylic acid groups (broad SMARTS) is 1. The van der Waals surface area contributed by atoms with Crippen molar-refractivity contribution in [1.82, 2.24) is 4.90 Å². The Bertz CT molecular complexity index is 366. The summed E-state index contributed by atoms with van der Waals surface area (Å²) < 4.78 is 0. The third-order valence-electron chi connectivity index (χ3n) is 4.02. The summed E-state index contributed by atoms with van der Waals surface area (Å²) in [6.07, 6.45) is 2.69. The Morgan fingerprint density at radius 2 is 2.05 bits per heavy atom. The van der Waals surface area contributed by atoms with E-state index < -0.39 is 25.0 Å². The summed E-state index contributed by atoms with van der Waals surface area (Å²) in [7, 11) is -1.37. The first-order valence-corrected chi connectivity index (χ1v) is 7.50. The van der Waals surface area contributed by atoms with Crippen LogP contribution in [0.4, 0.5) is 0 Å². The normalized spacial score (nSPS) is 23.1. The lowest BCUT2D eigenvalue weighted by atomic mass is 9.80. The number of likely N-dealkylation sites (tertiary alicyclic amines) is 1. The fourth-order valence-corrected chi connectivity index (χ4v) is 2.86. The number of amides is 1. The van der Waals surface area contributed by atoms with Gasteiger partial charge in [0.05, 0.1) is 12.0 Å². The van der Waals surface area contributed by atoms with Crippen LogP contribution in [-0.2, 0) is 9.59 Å². The summed E-state index contributed by atoms with van der Waals surface area (Å²) in [5.74, 6) is -1.85. The molecule has 0 aliphatic carbocycles. The van der Waals surface area contributed by atoms with Gasteiger partial charge in [0.1, 0.15) is 0 Å². The molecule has 1 rings (SSSR count). The van der Waals surface area contributed by atoms with E-state index in [1.807, 2.05) is 6.92 Å². The molecule has 3 atom stereocenters. The van der Waals surface area contributed by atoms with Crippen molar-refractivity contribution in [2.75, 3.05) is 13.1 Å². The first kappa shape index (κ1) is 17.9. The standard InChI is InChI=1S/C13H25BN2O5/c1-2-4-11(15)12(17)16-7-9(5-3-6-14(20)21)10(8-16)13(18)19/h9-11,20-21H,2-8,15H2,1H3,(H,18,19)/t9-,10+,11?/m0/s1. The molecule has 1 heterocycles. The van der Waals surface area contributed by atoms with E-state index in [4.69, 9.17) is 15.8 Å². The van der Waals surface area contributed by atoms with E-state index >= 15 is 0 Å². The van der Waals surface area contributed by atoms with Crippen LogP contribution in [0.3, 0.4) is 0 Å². The van der Waals surface area contributed by atoms with Gasteiger partial charge in [0.25, 0.3) is 0 Å². The van der Waals surface area contributed by atoms with Crippen LogP contribution in [0.15, 0.2) is 0 Å². The van der Waals surface area contributed by atoms with Crippen molar-refractivity contribution in [3.8, 4) is 0 Å². The highest BCUT2D eigenvalue weighted by molar-refractivity contribution is 6.40. The second kappa shape index (κ2) is 8.36. The topological polar surface area (TPSA) is 124 Å². The summed E-state index contributed by atoms with van der Waals surface area (Å²) in [5.41, 5.74) is 5.81. The predicted octanol–water partition coefficient (Wildman–Crippen LogP) is -0.474. The lowest BCUT2D eigenvalue weighted by Crippen LogP contribution is -2.43. The molecule has 0 bridgehead atoms. The number of carboxylic acids is 1. The van der Waals surface area contributed by atoms with Crippen molar-refractivity contribution in [1.29, 1.82) is 0 Å². The molecule has 5 N–H and O–H groups in total. The van der Waals surface area contributed by atoms with Gasteiger partial charge in [-0.1, -0.05) is 19.8 Å². The molecule has 21 heavy (non-hydrogen) atoms. The van der Waals surface area contributed by atoms with E-state index in [2.05, 4.69) is 0 Å². The number of carbonyl (C=O) groups is 2. The minimum absolute atomic E-state index is 0.154. The molecule has 1 amide bonds. The highest BCUT2D eigenvalue weighted by Gasteiger charge is 2.40. The highest BCUT2D eigenvalue weighted by atomic mass is 16.4. The molecule has 0 aromatic rings. The Morgan fingerprint density at radius 1 is 1.38 bits per heavy atom. The molecule has 0 radical (unpaired) electrons. The molecule has 0 aromatic carbocycles. The summed E-state index contributed by atoms with van der Waals surface area (Å²) >= 11 is 0. The minimum atomic E-state index is -1.37. The van der Waals surface area contributed by atoms with Crippen LogP contribution in [0.2, 0.25) is 6.32 Å². The van der Waals surface area contributed by atoms with Crippen LogP contribution in [0.5, 0.6) is 0 Å². The lowest BCUT2D eigenvalue weighted by molar-refractivity contribution is -0.142. The van der Waals surface area contributed by atoms with Crippen molar-refractivity contribution in [3.63, 3.8) is 0 Å². The highest BCUT2D eigenvalue weighted by Crippen LogP contribution is 2.29. The first-order valence-electron chi connectivity index (χ1n) is 7.50. The van der Waals surface area contributed by atoms with Gasteiger partial charge in [-0.05, 0) is 25.1 Å². The number of hydrogen-bond donors (Lipinski definition) is 4. The lowest BCUT2D eigenvalue weighted by Gasteiger charge is -2.20. The van der Waals surface area contributed by atoms with Gasteiger partial charge in [-0.25, -0.2) is 0 Å². The minimum Gasteiger partial charge on any atom is -0.481 e. The Hall–Kier alpha value is -1.12. The van der Waals surface area contributed by atoms with Crippen LogP contribution in [0, 0.1) is 11.8 Å². The third kappa shape index (κ3) is 5.30. The number of nitrogens with zero attached hydrogens (tertiary/aromatic N) is 1. The van der Waals surface area contributed by atoms with Crippen LogP contribution in [0.1, 0.15) is 32.6 Å². The smallest absolute Gasteiger partial charge is 0.451 e. The Labute approximate surface area is 125 Å². The van der Waals surface area contributed by atoms with Crippen LogP contribution < -0.4 is 5.73 Å². The molecular formula is C13H25BN2O5. The zero-order valence-corrected chi connectivity index (χ0v) is 12.4. The van der Waals surface area contributed by atoms with E-state index in [0.29, 0.717) is 25.8 Å². The maximum atomic E-state index is 12.2. The van der Waals surface area contributed by atoms with Gasteiger partial charge in [0.2, 0.25) is 5.91 Å². The van der Waals surface area contributed by atoms with E-state index in [-0.39, 0.29) is 24.7 Å². The van der Waals surface area contributed by atoms with E-state index in [1.54, 1.807) is 4.90 Å². The summed E-state index contributed by atoms with van der Waals surface area (Å²) in [5, 5.41) is 26.9. The van der Waals surface area contributed by atoms with Crippen molar-refractivity contribution in [3.05, 3.63) is 0 Å². The van der Waals surface area contributed by atoms with Gasteiger partial charge in [0.15, 0.2) is 0 Å². The predicted molar refractivity (Wildman–Crippen MR) is 78.3 cm³/mol. The maximum Gasteiger partial charge on any atom is 0.451 e. The first-order chi connectivity index (χ1) is 9.86. The Kier molecular flexibility index (Phi) is 7.14. The molecule has 1 aliphatic rings. The number of nitrogens with two attached hydrogens (primary N) is 1. The number of aliphatic carboxylic acids is 1. The molecule has 1 fully saturated rings. The second-order valence-electron chi connectivity index (χ2n) is 5.75. The van der Waals surface area contributed by atoms with Crippen LogP contribution in [0.25, 0.3) is 0 Å². The summed E-state index contributed by atoms with van der Waals surface area (Å²) in [4.78, 5) is 25.0. The SMILES string of the molecule is CCCC(N)C(=O)N1C[C@H](CCCB(O)O)[C@H](C(=O)O)C1. The molecule has 0 saturated carbocycles. The van der Waals surface area contributed by atoms with Gasteiger partial charge in [0, 0.05) is 13.1 Å². The van der Waals surface area contributed by atoms with Gasteiger partial charge in [-0.15, -0.1) is 0 Å². The molecule has 1 aliphatic heterocycles. The van der Waals surface area contributed by atoms with Gasteiger partial charge in [-0.2, -0.15) is 0 Å². The van der Waals surface area contributed by atoms with E-state index in [1.165, 1.54) is 0 Å². The van der Waals surface area contributed by atoms with Crippen LogP contribution in [-0.4, -0.2) is 58.2 Å². The molecule has 8 heteroatoms. The van der Waals surface area contributed by atoms with Crippen LogP contribution >= 0.6 is 0 Å². The van der Waals surface area contributed by atoms with Crippen molar-refractivity contribution >= 4 is 19.0 Å². The van der Waals surface area contributed by atoms with Gasteiger partial charge < -0.3 is 25.8 Å². The van der Waals surface area contributed by atoms with Crippen molar-refractivity contribution < 1.29 is 24.7 Å². The van der Waals surface area contributed by atoms with Gasteiger partial charge >= 0.3 is 13.1 Å². The Morgan fingerprint density at radius 3 is 2.57 bits per heavy atom. The molecule has 1 saturated heterocycles. The third-order valence-corrected chi connectivity index (χ3v) is 4.02. The zero-order chi connectivity index (χ0) is 16.0. The molecule has 0 aromatic heterocycles. The zero-order valence-electron chi connectivity index (χ0n) is 12.4. The molecule has 0 spiro atoms. The second-order valence-corrected chi connectivity index (χ2v) is 5.75. The van der Waals surface area contributed by atoms with Crippen molar-refractivity contribution in [2.24, 2.45) is 17.6 Å². The van der Waals surface area contributed by atoms with E-state index in [0.717, 1.165) is 6.42 Å². The molecule has 7 nitrogen and oxygen atoms in total. The summed E-state index contributed by atoms with van der Waals surface area (Å²) in [6, 6.07) is -0.567. The molecule has 1 unspecified atom stereocenters. The molecular weight excluding hydrogens is 275 g/mol. The fraction of sp³-hybridized carbons (Fsp3) is 0.846. The average Bonchev–Trinajstić information content (AvgIpc) is 2.82. The fourth-order valence-electron chi connectivity index (χ4n) is 2.86. The quantitative estimate of drug-likeness (QED) is 0.449. The number of carbonyl (C=O) groups excluding carboxylic acids is 1.